The highest BCUT2D eigenvalue weighted by Gasteiger charge is 2.34. The second-order valence-corrected chi connectivity index (χ2v) is 10.5. The van der Waals surface area contributed by atoms with Gasteiger partial charge in [-0.3, -0.25) is 10.1 Å². The van der Waals surface area contributed by atoms with Crippen molar-refractivity contribution in [1.82, 2.24) is 0 Å². The number of para-hydroxylation sites is 2. The van der Waals surface area contributed by atoms with Crippen molar-refractivity contribution in [3.05, 3.63) is 95.0 Å². The van der Waals surface area contributed by atoms with Crippen molar-refractivity contribution in [1.29, 1.82) is 0 Å². The van der Waals surface area contributed by atoms with E-state index in [1.807, 2.05) is 44.2 Å². The quantitative estimate of drug-likeness (QED) is 0.136. The highest BCUT2D eigenvalue weighted by Crippen LogP contribution is 2.41. The fourth-order valence-corrected chi connectivity index (χ4v) is 4.22. The third-order valence-corrected chi connectivity index (χ3v) is 6.52. The van der Waals surface area contributed by atoms with Crippen LogP contribution in [0.5, 0.6) is 5.75 Å². The summed E-state index contributed by atoms with van der Waals surface area (Å²) in [7, 11) is 0. The van der Waals surface area contributed by atoms with Crippen molar-refractivity contribution >= 4 is 45.0 Å². The minimum atomic E-state index is -0.628. The molecular formula is C30H34BrN3O5. The molecule has 3 aromatic rings. The highest BCUT2D eigenvalue weighted by atomic mass is 79.9. The van der Waals surface area contributed by atoms with Gasteiger partial charge in [-0.1, -0.05) is 60.1 Å². The molecule has 2 amide bonds. The highest BCUT2D eigenvalue weighted by molar-refractivity contribution is 9.10. The van der Waals surface area contributed by atoms with Crippen LogP contribution in [0.25, 0.3) is 0 Å². The monoisotopic (exact) mass is 595 g/mol. The summed E-state index contributed by atoms with van der Waals surface area (Å²) in [6.45, 7) is 4.06. The van der Waals surface area contributed by atoms with Crippen molar-refractivity contribution in [3.63, 3.8) is 0 Å². The first-order valence-electron chi connectivity index (χ1n) is 12.6. The SMILES string of the molecule is CC(C)(CC/C=C/C(=O)Nc1ccccc1N)[C@H](OC(=O)Nc1ccc(Br)cc1)c1cccc(OCCO)c1. The van der Waals surface area contributed by atoms with Gasteiger partial charge >= 0.3 is 6.09 Å². The predicted octanol–water partition coefficient (Wildman–Crippen LogP) is 6.69. The van der Waals surface area contributed by atoms with Crippen LogP contribution in [0, 0.1) is 5.41 Å². The van der Waals surface area contributed by atoms with Gasteiger partial charge in [0.2, 0.25) is 5.91 Å². The molecule has 9 heteroatoms. The Bertz CT molecular complexity index is 1280. The van der Waals surface area contributed by atoms with Crippen LogP contribution < -0.4 is 21.1 Å². The van der Waals surface area contributed by atoms with E-state index >= 15 is 0 Å². The topological polar surface area (TPSA) is 123 Å². The summed E-state index contributed by atoms with van der Waals surface area (Å²) in [5.41, 5.74) is 7.78. The number of allylic oxidation sites excluding steroid dienone is 1. The Kier molecular flexibility index (Phi) is 11.0. The Hall–Kier alpha value is -3.82. The van der Waals surface area contributed by atoms with Crippen LogP contribution in [0.4, 0.5) is 21.9 Å². The van der Waals surface area contributed by atoms with E-state index in [1.54, 1.807) is 48.5 Å². The van der Waals surface area contributed by atoms with Crippen LogP contribution in [0.2, 0.25) is 0 Å². The third-order valence-electron chi connectivity index (χ3n) is 5.99. The number of carbonyl (C=O) groups excluding carboxylic acids is 2. The Morgan fingerprint density at radius 2 is 1.79 bits per heavy atom. The maximum absolute atomic E-state index is 12.9. The lowest BCUT2D eigenvalue weighted by molar-refractivity contribution is -0.111. The Labute approximate surface area is 237 Å². The number of anilines is 3. The van der Waals surface area contributed by atoms with E-state index in [4.69, 9.17) is 20.3 Å². The van der Waals surface area contributed by atoms with Gasteiger partial charge in [0.15, 0.2) is 0 Å². The number of aliphatic hydroxyl groups is 1. The number of hydrogen-bond donors (Lipinski definition) is 4. The molecule has 0 aliphatic carbocycles. The predicted molar refractivity (Wildman–Crippen MR) is 158 cm³/mol. The molecule has 0 fully saturated rings. The van der Waals surface area contributed by atoms with Crippen LogP contribution in [0.3, 0.4) is 0 Å². The van der Waals surface area contributed by atoms with Crippen molar-refractivity contribution in [2.75, 3.05) is 29.6 Å². The summed E-state index contributed by atoms with van der Waals surface area (Å²) in [6.07, 6.45) is 3.23. The number of halogens is 1. The van der Waals surface area contributed by atoms with Gasteiger partial charge in [0.1, 0.15) is 18.5 Å². The van der Waals surface area contributed by atoms with Gasteiger partial charge in [-0.25, -0.2) is 4.79 Å². The van der Waals surface area contributed by atoms with Gasteiger partial charge in [-0.15, -0.1) is 0 Å². The third kappa shape index (κ3) is 9.46. The molecular weight excluding hydrogens is 562 g/mol. The van der Waals surface area contributed by atoms with Crippen molar-refractivity contribution in [2.24, 2.45) is 5.41 Å². The van der Waals surface area contributed by atoms with Crippen molar-refractivity contribution < 1.29 is 24.2 Å². The van der Waals surface area contributed by atoms with E-state index in [9.17, 15) is 9.59 Å². The van der Waals surface area contributed by atoms with E-state index < -0.39 is 17.6 Å². The molecule has 0 saturated carbocycles. The second-order valence-electron chi connectivity index (χ2n) is 9.57. The van der Waals surface area contributed by atoms with Crippen molar-refractivity contribution in [3.8, 4) is 5.75 Å². The lowest BCUT2D eigenvalue weighted by Gasteiger charge is -2.34. The summed E-state index contributed by atoms with van der Waals surface area (Å²) in [5.74, 6) is 0.289. The number of rotatable bonds is 12. The molecule has 3 rings (SSSR count). The molecule has 206 valence electrons. The Balaban J connectivity index is 1.71. The standard InChI is InChI=1S/C30H34BrN3O5/c1-30(2,17-6-5-12-27(36)34-26-11-4-3-10-25(26)32)28(21-8-7-9-24(20-21)38-19-18-35)39-29(37)33-23-15-13-22(31)14-16-23/h3-5,7-16,20,28,35H,6,17-19,32H2,1-2H3,(H,33,37)(H,34,36)/b12-5+/t28-/m1/s1. The number of carbonyl (C=O) groups is 2. The van der Waals surface area contributed by atoms with Gasteiger partial charge in [0.25, 0.3) is 0 Å². The molecule has 0 heterocycles. The molecule has 0 aliphatic heterocycles. The van der Waals surface area contributed by atoms with Gasteiger partial charge in [-0.05, 0) is 73.0 Å². The van der Waals surface area contributed by atoms with Crippen molar-refractivity contribution in [2.45, 2.75) is 32.8 Å². The Morgan fingerprint density at radius 3 is 2.51 bits per heavy atom. The molecule has 0 aromatic heterocycles. The fourth-order valence-electron chi connectivity index (χ4n) is 3.96. The van der Waals surface area contributed by atoms with E-state index in [0.29, 0.717) is 35.7 Å². The van der Waals surface area contributed by atoms with E-state index in [1.165, 1.54) is 6.08 Å². The molecule has 0 radical (unpaired) electrons. The van der Waals surface area contributed by atoms with Gasteiger partial charge < -0.3 is 25.6 Å². The zero-order valence-corrected chi connectivity index (χ0v) is 23.6. The average molecular weight is 597 g/mol. The maximum atomic E-state index is 12.9. The molecule has 5 N–H and O–H groups in total. The van der Waals surface area contributed by atoms with Gasteiger partial charge in [-0.2, -0.15) is 0 Å². The minimum absolute atomic E-state index is 0.109. The molecule has 0 spiro atoms. The first-order valence-corrected chi connectivity index (χ1v) is 13.4. The molecule has 39 heavy (non-hydrogen) atoms. The average Bonchev–Trinajstić information content (AvgIpc) is 2.91. The van der Waals surface area contributed by atoms with E-state index in [0.717, 1.165) is 10.0 Å². The fraction of sp³-hybridized carbons (Fsp3) is 0.267. The molecule has 3 aromatic carbocycles. The van der Waals surface area contributed by atoms with Crippen LogP contribution in [-0.2, 0) is 9.53 Å². The number of nitrogens with one attached hydrogen (secondary N) is 2. The Morgan fingerprint density at radius 1 is 1.05 bits per heavy atom. The molecule has 8 nitrogen and oxygen atoms in total. The van der Waals surface area contributed by atoms with Crippen LogP contribution in [0.1, 0.15) is 38.4 Å². The van der Waals surface area contributed by atoms with E-state index in [-0.39, 0.29) is 19.1 Å². The number of benzene rings is 3. The summed E-state index contributed by atoms with van der Waals surface area (Å²) in [6, 6.07) is 21.5. The summed E-state index contributed by atoms with van der Waals surface area (Å²) < 4.78 is 12.5. The first kappa shape index (κ1) is 29.7. The van der Waals surface area contributed by atoms with E-state index in [2.05, 4.69) is 26.6 Å². The molecule has 0 saturated heterocycles. The lowest BCUT2D eigenvalue weighted by Crippen LogP contribution is -2.29. The number of nitrogen functional groups attached to an aromatic ring is 1. The van der Waals surface area contributed by atoms with Gasteiger partial charge in [0, 0.05) is 15.6 Å². The molecule has 1 atom stereocenters. The largest absolute Gasteiger partial charge is 0.491 e. The summed E-state index contributed by atoms with van der Waals surface area (Å²) >= 11 is 3.38. The number of ether oxygens (including phenoxy) is 2. The number of nitrogens with two attached hydrogens (primary N) is 1. The number of amides is 2. The maximum Gasteiger partial charge on any atom is 0.412 e. The molecule has 0 bridgehead atoms. The minimum Gasteiger partial charge on any atom is -0.491 e. The smallest absolute Gasteiger partial charge is 0.412 e. The summed E-state index contributed by atoms with van der Waals surface area (Å²) in [5, 5.41) is 14.7. The normalized spacial score (nSPS) is 12.1. The lowest BCUT2D eigenvalue weighted by atomic mass is 9.78. The van der Waals surface area contributed by atoms with Gasteiger partial charge in [0.05, 0.1) is 18.0 Å². The van der Waals surface area contributed by atoms with Crippen LogP contribution in [-0.4, -0.2) is 30.3 Å². The first-order chi connectivity index (χ1) is 18.7. The number of aliphatic hydroxyl groups excluding tert-OH is 1. The second kappa shape index (κ2) is 14.4. The van der Waals surface area contributed by atoms with Crippen LogP contribution >= 0.6 is 15.9 Å². The number of hydrogen-bond acceptors (Lipinski definition) is 6. The zero-order valence-electron chi connectivity index (χ0n) is 22.0. The molecule has 0 aliphatic rings. The molecule has 0 unspecified atom stereocenters. The van der Waals surface area contributed by atoms with Crippen LogP contribution in [0.15, 0.2) is 89.4 Å². The summed E-state index contributed by atoms with van der Waals surface area (Å²) in [4.78, 5) is 25.3. The zero-order chi connectivity index (χ0) is 28.3.